The van der Waals surface area contributed by atoms with Gasteiger partial charge in [-0.1, -0.05) is 0 Å². The minimum absolute atomic E-state index is 0. The zero-order valence-electron chi connectivity index (χ0n) is 11.3. The van der Waals surface area contributed by atoms with Crippen molar-refractivity contribution in [1.29, 1.82) is 0 Å². The maximum absolute atomic E-state index is 12.9. The van der Waals surface area contributed by atoms with E-state index in [-0.39, 0.29) is 18.2 Å². The summed E-state index contributed by atoms with van der Waals surface area (Å²) in [5.74, 6) is 1.28. The lowest BCUT2D eigenvalue weighted by molar-refractivity contribution is 0.415. The summed E-state index contributed by atoms with van der Waals surface area (Å²) >= 11 is 0. The van der Waals surface area contributed by atoms with Crippen LogP contribution in [0.4, 0.5) is 4.39 Å². The van der Waals surface area contributed by atoms with Crippen LogP contribution < -0.4 is 4.74 Å². The normalized spacial score (nSPS) is 10.0. The van der Waals surface area contributed by atoms with E-state index >= 15 is 0 Å². The van der Waals surface area contributed by atoms with E-state index in [0.29, 0.717) is 0 Å². The topological polar surface area (TPSA) is 37.9 Å². The molecule has 21 heavy (non-hydrogen) atoms. The molecular formula is C16H14ClFN2O. The van der Waals surface area contributed by atoms with Crippen LogP contribution in [0, 0.1) is 5.82 Å². The van der Waals surface area contributed by atoms with E-state index in [1.54, 1.807) is 25.4 Å². The van der Waals surface area contributed by atoms with Crippen molar-refractivity contribution in [3.8, 4) is 28.4 Å². The standard InChI is InChI=1S/C16H13FN2O.ClH/c1-20-14-8-4-11(5-9-14)15-10-18-16(19-15)12-2-6-13(17)7-3-12;/h2-10H,1H3,(H,18,19);1H. The lowest BCUT2D eigenvalue weighted by Crippen LogP contribution is -1.83. The second kappa shape index (κ2) is 6.41. The van der Waals surface area contributed by atoms with E-state index in [2.05, 4.69) is 9.97 Å². The third-order valence-corrected chi connectivity index (χ3v) is 3.09. The monoisotopic (exact) mass is 304 g/mol. The van der Waals surface area contributed by atoms with E-state index in [4.69, 9.17) is 4.74 Å². The Morgan fingerprint density at radius 3 is 2.19 bits per heavy atom. The first-order chi connectivity index (χ1) is 9.76. The largest absolute Gasteiger partial charge is 0.497 e. The molecule has 108 valence electrons. The maximum Gasteiger partial charge on any atom is 0.137 e. The molecular weight excluding hydrogens is 291 g/mol. The van der Waals surface area contributed by atoms with Gasteiger partial charge in [0, 0.05) is 5.56 Å². The van der Waals surface area contributed by atoms with Gasteiger partial charge in [-0.2, -0.15) is 0 Å². The first kappa shape index (κ1) is 15.1. The zero-order chi connectivity index (χ0) is 13.9. The molecule has 1 heterocycles. The Morgan fingerprint density at radius 2 is 1.57 bits per heavy atom. The predicted octanol–water partition coefficient (Wildman–Crippen LogP) is 4.31. The lowest BCUT2D eigenvalue weighted by Gasteiger charge is -2.01. The van der Waals surface area contributed by atoms with Crippen molar-refractivity contribution in [3.05, 3.63) is 60.5 Å². The molecule has 2 aromatic carbocycles. The van der Waals surface area contributed by atoms with E-state index in [1.165, 1.54) is 12.1 Å². The second-order valence-corrected chi connectivity index (χ2v) is 4.38. The van der Waals surface area contributed by atoms with Gasteiger partial charge >= 0.3 is 0 Å². The summed E-state index contributed by atoms with van der Waals surface area (Å²) in [6, 6.07) is 14.0. The smallest absolute Gasteiger partial charge is 0.137 e. The van der Waals surface area contributed by atoms with Crippen LogP contribution in [-0.2, 0) is 0 Å². The third-order valence-electron chi connectivity index (χ3n) is 3.09. The van der Waals surface area contributed by atoms with Crippen LogP contribution >= 0.6 is 12.4 Å². The summed E-state index contributed by atoms with van der Waals surface area (Å²) in [5, 5.41) is 0. The first-order valence-electron chi connectivity index (χ1n) is 6.21. The van der Waals surface area contributed by atoms with Crippen LogP contribution in [0.25, 0.3) is 22.6 Å². The molecule has 0 aliphatic heterocycles. The summed E-state index contributed by atoms with van der Waals surface area (Å²) in [6.07, 6.45) is 1.76. The lowest BCUT2D eigenvalue weighted by atomic mass is 10.1. The number of imidazole rings is 1. The van der Waals surface area contributed by atoms with Crippen LogP contribution in [0.15, 0.2) is 54.7 Å². The molecule has 3 rings (SSSR count). The Hall–Kier alpha value is -2.33. The van der Waals surface area contributed by atoms with Crippen molar-refractivity contribution in [3.63, 3.8) is 0 Å². The molecule has 0 atom stereocenters. The molecule has 5 heteroatoms. The van der Waals surface area contributed by atoms with Crippen LogP contribution in [-0.4, -0.2) is 17.1 Å². The van der Waals surface area contributed by atoms with Crippen LogP contribution in [0.2, 0.25) is 0 Å². The number of aromatic amines is 1. The van der Waals surface area contributed by atoms with Crippen molar-refractivity contribution >= 4 is 12.4 Å². The number of hydrogen-bond donors (Lipinski definition) is 1. The van der Waals surface area contributed by atoms with Crippen molar-refractivity contribution in [2.45, 2.75) is 0 Å². The summed E-state index contributed by atoms with van der Waals surface area (Å²) in [5.41, 5.74) is 2.78. The molecule has 0 aliphatic carbocycles. The molecule has 0 bridgehead atoms. The number of methoxy groups -OCH3 is 1. The fourth-order valence-electron chi connectivity index (χ4n) is 1.99. The fourth-order valence-corrected chi connectivity index (χ4v) is 1.99. The Kier molecular flexibility index (Phi) is 4.60. The van der Waals surface area contributed by atoms with Gasteiger partial charge in [0.1, 0.15) is 17.4 Å². The van der Waals surface area contributed by atoms with Crippen molar-refractivity contribution in [1.82, 2.24) is 9.97 Å². The minimum atomic E-state index is -0.254. The predicted molar refractivity (Wildman–Crippen MR) is 83.2 cm³/mol. The molecule has 0 unspecified atom stereocenters. The molecule has 0 spiro atoms. The minimum Gasteiger partial charge on any atom is -0.497 e. The molecule has 3 aromatic rings. The van der Waals surface area contributed by atoms with Gasteiger partial charge in [0.05, 0.1) is 19.0 Å². The van der Waals surface area contributed by atoms with Gasteiger partial charge in [0.15, 0.2) is 0 Å². The number of hydrogen-bond acceptors (Lipinski definition) is 2. The van der Waals surface area contributed by atoms with Crippen LogP contribution in [0.1, 0.15) is 0 Å². The number of benzene rings is 2. The molecule has 0 amide bonds. The third kappa shape index (κ3) is 3.23. The van der Waals surface area contributed by atoms with E-state index in [0.717, 1.165) is 28.4 Å². The molecule has 0 fully saturated rings. The molecule has 0 aliphatic rings. The molecule has 3 nitrogen and oxygen atoms in total. The summed E-state index contributed by atoms with van der Waals surface area (Å²) in [4.78, 5) is 7.55. The van der Waals surface area contributed by atoms with Gasteiger partial charge in [-0.05, 0) is 54.1 Å². The van der Waals surface area contributed by atoms with E-state index in [1.807, 2.05) is 24.3 Å². The van der Waals surface area contributed by atoms with Gasteiger partial charge in [-0.15, -0.1) is 12.4 Å². The van der Waals surface area contributed by atoms with Gasteiger partial charge in [0.25, 0.3) is 0 Å². The van der Waals surface area contributed by atoms with Gasteiger partial charge in [0.2, 0.25) is 0 Å². The maximum atomic E-state index is 12.9. The number of H-pyrrole nitrogens is 1. The SMILES string of the molecule is COc1ccc(-c2cnc(-c3ccc(F)cc3)[nH]2)cc1.Cl. The van der Waals surface area contributed by atoms with Crippen LogP contribution in [0.5, 0.6) is 5.75 Å². The highest BCUT2D eigenvalue weighted by Crippen LogP contribution is 2.24. The Bertz CT molecular complexity index is 708. The number of nitrogens with one attached hydrogen (secondary N) is 1. The number of aromatic nitrogens is 2. The number of nitrogens with zero attached hydrogens (tertiary/aromatic N) is 1. The zero-order valence-corrected chi connectivity index (χ0v) is 12.2. The molecule has 0 radical (unpaired) electrons. The summed E-state index contributed by atoms with van der Waals surface area (Å²) < 4.78 is 18.0. The Morgan fingerprint density at radius 1 is 0.952 bits per heavy atom. The fraction of sp³-hybridized carbons (Fsp3) is 0.0625. The summed E-state index contributed by atoms with van der Waals surface area (Å²) in [7, 11) is 1.64. The summed E-state index contributed by atoms with van der Waals surface area (Å²) in [6.45, 7) is 0. The van der Waals surface area contributed by atoms with Crippen LogP contribution in [0.3, 0.4) is 0 Å². The Labute approximate surface area is 128 Å². The molecule has 1 N–H and O–H groups in total. The van der Waals surface area contributed by atoms with E-state index < -0.39 is 0 Å². The average molecular weight is 305 g/mol. The second-order valence-electron chi connectivity index (χ2n) is 4.38. The van der Waals surface area contributed by atoms with Gasteiger partial charge < -0.3 is 9.72 Å². The number of halogens is 2. The Balaban J connectivity index is 0.00000161. The van der Waals surface area contributed by atoms with Gasteiger partial charge in [-0.25, -0.2) is 9.37 Å². The van der Waals surface area contributed by atoms with E-state index in [9.17, 15) is 4.39 Å². The van der Waals surface area contributed by atoms with Crippen molar-refractivity contribution in [2.24, 2.45) is 0 Å². The number of ether oxygens (including phenoxy) is 1. The quantitative estimate of drug-likeness (QED) is 0.783. The molecule has 0 saturated carbocycles. The van der Waals surface area contributed by atoms with Gasteiger partial charge in [-0.3, -0.25) is 0 Å². The molecule has 1 aromatic heterocycles. The highest BCUT2D eigenvalue weighted by molar-refractivity contribution is 5.85. The average Bonchev–Trinajstić information content (AvgIpc) is 2.98. The van der Waals surface area contributed by atoms with Crippen molar-refractivity contribution < 1.29 is 9.13 Å². The molecule has 0 saturated heterocycles. The highest BCUT2D eigenvalue weighted by Gasteiger charge is 2.05. The highest BCUT2D eigenvalue weighted by atomic mass is 35.5. The number of rotatable bonds is 3. The van der Waals surface area contributed by atoms with Crippen molar-refractivity contribution in [2.75, 3.05) is 7.11 Å². The first-order valence-corrected chi connectivity index (χ1v) is 6.21.